The van der Waals surface area contributed by atoms with Gasteiger partial charge in [0.2, 0.25) is 0 Å². The number of aromatic hydroxyl groups is 2. The fourth-order valence-electron chi connectivity index (χ4n) is 3.87. The highest BCUT2D eigenvalue weighted by atomic mass is 16.6. The van der Waals surface area contributed by atoms with Gasteiger partial charge in [-0.05, 0) is 23.9 Å². The molecule has 25 heavy (non-hydrogen) atoms. The van der Waals surface area contributed by atoms with Crippen molar-refractivity contribution in [1.29, 1.82) is 0 Å². The zero-order chi connectivity index (χ0) is 17.7. The lowest BCUT2D eigenvalue weighted by Crippen LogP contribution is -2.29. The number of benzene rings is 2. The zero-order valence-electron chi connectivity index (χ0n) is 14.1. The fourth-order valence-corrected chi connectivity index (χ4v) is 3.87. The largest absolute Gasteiger partial charge is 0.507 e. The highest BCUT2D eigenvalue weighted by Crippen LogP contribution is 2.48. The Bertz CT molecular complexity index is 859. The maximum absolute atomic E-state index is 12.4. The van der Waals surface area contributed by atoms with Gasteiger partial charge < -0.3 is 24.4 Å². The van der Waals surface area contributed by atoms with Crippen LogP contribution in [0.1, 0.15) is 48.2 Å². The van der Waals surface area contributed by atoms with Crippen LogP contribution in [0.25, 0.3) is 10.8 Å². The molecule has 0 aliphatic carbocycles. The topological polar surface area (TPSA) is 85.2 Å². The van der Waals surface area contributed by atoms with E-state index in [9.17, 15) is 15.0 Å². The van der Waals surface area contributed by atoms with E-state index in [4.69, 9.17) is 14.2 Å². The second kappa shape index (κ2) is 5.81. The molecule has 0 amide bonds. The van der Waals surface area contributed by atoms with Crippen molar-refractivity contribution in [2.75, 3.05) is 7.11 Å². The third kappa shape index (κ3) is 2.40. The van der Waals surface area contributed by atoms with E-state index in [1.165, 1.54) is 13.2 Å². The molecular weight excluding hydrogens is 324 g/mol. The van der Waals surface area contributed by atoms with Crippen molar-refractivity contribution in [3.63, 3.8) is 0 Å². The van der Waals surface area contributed by atoms with Crippen molar-refractivity contribution in [3.8, 4) is 17.2 Å². The number of rotatable bonds is 3. The monoisotopic (exact) mass is 344 g/mol. The summed E-state index contributed by atoms with van der Waals surface area (Å²) in [4.78, 5) is 12.4. The van der Waals surface area contributed by atoms with Crippen LogP contribution in [-0.2, 0) is 9.47 Å². The molecule has 0 radical (unpaired) electrons. The first-order valence-electron chi connectivity index (χ1n) is 8.46. The number of methoxy groups -OCH3 is 1. The van der Waals surface area contributed by atoms with Gasteiger partial charge in [-0.3, -0.25) is 0 Å². The van der Waals surface area contributed by atoms with Gasteiger partial charge in [-0.2, -0.15) is 0 Å². The minimum absolute atomic E-state index is 0.0373. The Morgan fingerprint density at radius 2 is 2.08 bits per heavy atom. The summed E-state index contributed by atoms with van der Waals surface area (Å²) >= 11 is 0. The SMILES string of the molecule is CCCC1CC2OC(=O)c3c(cc4cc(OC)cc(O)c4c3O)C2O1. The summed E-state index contributed by atoms with van der Waals surface area (Å²) in [5, 5.41) is 21.7. The predicted molar refractivity (Wildman–Crippen MR) is 90.2 cm³/mol. The predicted octanol–water partition coefficient (Wildman–Crippen LogP) is 3.43. The number of phenolic OH excluding ortho intramolecular Hbond substituents is 2. The second-order valence-corrected chi connectivity index (χ2v) is 6.58. The molecule has 0 aromatic heterocycles. The number of hydrogen-bond acceptors (Lipinski definition) is 6. The van der Waals surface area contributed by atoms with E-state index >= 15 is 0 Å². The molecule has 2 heterocycles. The molecule has 0 saturated carbocycles. The van der Waals surface area contributed by atoms with E-state index in [0.29, 0.717) is 23.1 Å². The van der Waals surface area contributed by atoms with Gasteiger partial charge in [-0.1, -0.05) is 13.3 Å². The molecule has 0 spiro atoms. The number of fused-ring (bicyclic) bond motifs is 4. The van der Waals surface area contributed by atoms with E-state index < -0.39 is 12.1 Å². The number of carbonyl (C=O) groups is 1. The van der Waals surface area contributed by atoms with E-state index in [1.807, 2.05) is 0 Å². The summed E-state index contributed by atoms with van der Waals surface area (Å²) in [7, 11) is 1.50. The van der Waals surface area contributed by atoms with Crippen LogP contribution < -0.4 is 4.74 Å². The van der Waals surface area contributed by atoms with Crippen LogP contribution >= 0.6 is 0 Å². The standard InChI is InChI=1S/C19H20O6/c1-3-4-10-8-14-18(24-10)12-6-9-5-11(23-2)7-13(20)15(9)17(21)16(12)19(22)25-14/h5-7,10,14,18,20-21H,3-4,8H2,1-2H3. The van der Waals surface area contributed by atoms with Crippen LogP contribution in [0.5, 0.6) is 17.2 Å². The van der Waals surface area contributed by atoms with Gasteiger partial charge in [0, 0.05) is 18.1 Å². The molecule has 6 nitrogen and oxygen atoms in total. The Morgan fingerprint density at radius 1 is 1.28 bits per heavy atom. The average Bonchev–Trinajstić information content (AvgIpc) is 2.97. The lowest BCUT2D eigenvalue weighted by atomic mass is 9.90. The summed E-state index contributed by atoms with van der Waals surface area (Å²) in [5.41, 5.74) is 0.684. The minimum Gasteiger partial charge on any atom is -0.507 e. The van der Waals surface area contributed by atoms with Crippen LogP contribution in [0, 0.1) is 0 Å². The number of hydrogen-bond donors (Lipinski definition) is 2. The summed E-state index contributed by atoms with van der Waals surface area (Å²) < 4.78 is 16.8. The molecule has 3 unspecified atom stereocenters. The van der Waals surface area contributed by atoms with Gasteiger partial charge in [-0.15, -0.1) is 0 Å². The quantitative estimate of drug-likeness (QED) is 0.830. The Balaban J connectivity index is 1.90. The Labute approximate surface area is 144 Å². The Kier molecular flexibility index (Phi) is 3.72. The third-order valence-corrected chi connectivity index (χ3v) is 4.98. The Morgan fingerprint density at radius 3 is 2.80 bits per heavy atom. The van der Waals surface area contributed by atoms with Crippen molar-refractivity contribution < 1.29 is 29.2 Å². The van der Waals surface area contributed by atoms with Crippen LogP contribution in [0.3, 0.4) is 0 Å². The molecule has 4 rings (SSSR count). The lowest BCUT2D eigenvalue weighted by Gasteiger charge is -2.28. The maximum atomic E-state index is 12.4. The third-order valence-electron chi connectivity index (χ3n) is 4.98. The average molecular weight is 344 g/mol. The van der Waals surface area contributed by atoms with Crippen molar-refractivity contribution >= 4 is 16.7 Å². The maximum Gasteiger partial charge on any atom is 0.342 e. The van der Waals surface area contributed by atoms with Crippen LogP contribution in [-0.4, -0.2) is 35.5 Å². The summed E-state index contributed by atoms with van der Waals surface area (Å²) in [5.74, 6) is -0.540. The zero-order valence-corrected chi connectivity index (χ0v) is 14.1. The van der Waals surface area contributed by atoms with Crippen LogP contribution in [0.15, 0.2) is 18.2 Å². The summed E-state index contributed by atoms with van der Waals surface area (Å²) in [6.45, 7) is 2.08. The van der Waals surface area contributed by atoms with E-state index in [-0.39, 0.29) is 34.7 Å². The first-order chi connectivity index (χ1) is 12.0. The van der Waals surface area contributed by atoms with Crippen molar-refractivity contribution in [2.45, 2.75) is 44.5 Å². The highest BCUT2D eigenvalue weighted by molar-refractivity contribution is 6.06. The van der Waals surface area contributed by atoms with Crippen molar-refractivity contribution in [2.24, 2.45) is 0 Å². The molecule has 2 aliphatic rings. The van der Waals surface area contributed by atoms with Gasteiger partial charge in [-0.25, -0.2) is 4.79 Å². The number of carbonyl (C=O) groups excluding carboxylic acids is 1. The van der Waals surface area contributed by atoms with E-state index in [2.05, 4.69) is 6.92 Å². The molecule has 2 N–H and O–H groups in total. The second-order valence-electron chi connectivity index (χ2n) is 6.58. The first-order valence-corrected chi connectivity index (χ1v) is 8.46. The molecule has 0 bridgehead atoms. The summed E-state index contributed by atoms with van der Waals surface area (Å²) in [6, 6.07) is 4.89. The molecule has 3 atom stereocenters. The van der Waals surface area contributed by atoms with Crippen molar-refractivity contribution in [3.05, 3.63) is 29.3 Å². The molecule has 6 heteroatoms. The van der Waals surface area contributed by atoms with E-state index in [1.54, 1.807) is 12.1 Å². The molecule has 1 saturated heterocycles. The highest BCUT2D eigenvalue weighted by Gasteiger charge is 2.45. The van der Waals surface area contributed by atoms with Gasteiger partial charge in [0.15, 0.2) is 0 Å². The normalized spacial score (nSPS) is 24.7. The lowest BCUT2D eigenvalue weighted by molar-refractivity contribution is -0.0232. The molecule has 2 aromatic rings. The smallest absolute Gasteiger partial charge is 0.342 e. The number of phenols is 2. The Hall–Kier alpha value is -2.47. The molecule has 1 fully saturated rings. The molecule has 2 aliphatic heterocycles. The molecule has 2 aromatic carbocycles. The van der Waals surface area contributed by atoms with Crippen LogP contribution in [0.2, 0.25) is 0 Å². The van der Waals surface area contributed by atoms with Crippen molar-refractivity contribution in [1.82, 2.24) is 0 Å². The fraction of sp³-hybridized carbons (Fsp3) is 0.421. The van der Waals surface area contributed by atoms with Gasteiger partial charge >= 0.3 is 5.97 Å². The molecule has 132 valence electrons. The number of esters is 1. The first kappa shape index (κ1) is 16.0. The van der Waals surface area contributed by atoms with Crippen LogP contribution in [0.4, 0.5) is 0 Å². The van der Waals surface area contributed by atoms with E-state index in [0.717, 1.165) is 12.8 Å². The summed E-state index contributed by atoms with van der Waals surface area (Å²) in [6.07, 6.45) is 1.84. The van der Waals surface area contributed by atoms with Gasteiger partial charge in [0.05, 0.1) is 18.6 Å². The molecular formula is C19H20O6. The minimum atomic E-state index is -0.577. The van der Waals surface area contributed by atoms with Gasteiger partial charge in [0.1, 0.15) is 35.0 Å². The number of ether oxygens (including phenoxy) is 3. The van der Waals surface area contributed by atoms with Gasteiger partial charge in [0.25, 0.3) is 0 Å².